The van der Waals surface area contributed by atoms with Crippen LogP contribution in [0.3, 0.4) is 0 Å². The number of carbonyl (C=O) groups is 2. The lowest BCUT2D eigenvalue weighted by Gasteiger charge is -2.24. The van der Waals surface area contributed by atoms with Gasteiger partial charge in [-0.05, 0) is 63.1 Å². The molecule has 4 heterocycles. The molecule has 3 unspecified atom stereocenters. The van der Waals surface area contributed by atoms with E-state index in [0.29, 0.717) is 5.56 Å². The molecule has 382 valence electrons. The summed E-state index contributed by atoms with van der Waals surface area (Å²) in [6.07, 6.45) is -1.83. The summed E-state index contributed by atoms with van der Waals surface area (Å²) in [5, 5.41) is 18.9. The van der Waals surface area contributed by atoms with Crippen molar-refractivity contribution in [3.05, 3.63) is 81.2 Å². The number of carboxylic acid groups (broad SMARTS) is 1. The third-order valence-corrected chi connectivity index (χ3v) is 18.5. The van der Waals surface area contributed by atoms with Crippen LogP contribution in [-0.2, 0) is 46.4 Å². The van der Waals surface area contributed by atoms with Gasteiger partial charge in [0.2, 0.25) is 5.95 Å². The number of nitrogens with zero attached hydrogens (tertiary/aromatic N) is 3. The van der Waals surface area contributed by atoms with Crippen LogP contribution in [-0.4, -0.2) is 98.4 Å². The van der Waals surface area contributed by atoms with Gasteiger partial charge in [0.05, 0.1) is 35.6 Å². The number of imidazole rings is 1. The molecule has 0 bridgehead atoms. The molecule has 0 spiro atoms. The Hall–Kier alpha value is -4.84. The number of fused-ring (bicyclic) bond motifs is 3. The van der Waals surface area contributed by atoms with Gasteiger partial charge < -0.3 is 55.4 Å². The summed E-state index contributed by atoms with van der Waals surface area (Å²) in [5.41, 5.74) is 10.8. The fourth-order valence-corrected chi connectivity index (χ4v) is 13.6. The molecule has 2 aromatic heterocycles. The van der Waals surface area contributed by atoms with Crippen molar-refractivity contribution in [2.75, 3.05) is 24.0 Å². The van der Waals surface area contributed by atoms with Crippen LogP contribution in [0.2, 0.25) is 0 Å². The quantitative estimate of drug-likeness (QED) is 0.00674. The Morgan fingerprint density at radius 3 is 2.42 bits per heavy atom. The van der Waals surface area contributed by atoms with Gasteiger partial charge in [0.25, 0.3) is 15.7 Å². The monoisotopic (exact) mass is 1110 g/mol. The number of phosphoric ester groups is 1. The molecule has 4 aromatic rings. The lowest BCUT2D eigenvalue weighted by molar-refractivity contribution is -0.0522. The molecular weight excluding hydrogens is 1060 g/mol. The number of carboxylic acids is 1. The van der Waals surface area contributed by atoms with Gasteiger partial charge in [-0.2, -0.15) is 22.0 Å². The maximum Gasteiger partial charge on any atom is 0.490 e. The number of ether oxygens (including phenoxy) is 2. The number of anilines is 2. The molecule has 33 heteroatoms. The van der Waals surface area contributed by atoms with Crippen LogP contribution in [0.5, 0.6) is 0 Å². The van der Waals surface area contributed by atoms with E-state index >= 15 is 0 Å². The third-order valence-electron chi connectivity index (χ3n) is 10.7. The highest BCUT2D eigenvalue weighted by molar-refractivity contribution is 8.77. The van der Waals surface area contributed by atoms with Crippen LogP contribution >= 0.6 is 45.1 Å². The first-order valence-electron chi connectivity index (χ1n) is 20.2. The highest BCUT2D eigenvalue weighted by Crippen LogP contribution is 2.66. The Morgan fingerprint density at radius 2 is 1.75 bits per heavy atom. The van der Waals surface area contributed by atoms with Crippen molar-refractivity contribution in [3.63, 3.8) is 0 Å². The lowest BCUT2D eigenvalue weighted by atomic mass is 9.88. The Balaban J connectivity index is 1.05. The fourth-order valence-electron chi connectivity index (χ4n) is 7.53. The molecule has 0 saturated carbocycles. The summed E-state index contributed by atoms with van der Waals surface area (Å²) >= 11 is 0. The predicted molar refractivity (Wildman–Crippen MR) is 254 cm³/mol. The second kappa shape index (κ2) is 20.2. The number of H-pyrrole nitrogens is 1. The Bertz CT molecular complexity index is 3470. The van der Waals surface area contributed by atoms with Gasteiger partial charge in [-0.25, -0.2) is 23.5 Å². The Kier molecular flexibility index (Phi) is 15.4. The molecule has 3 aliphatic rings. The maximum absolute atomic E-state index is 13.7. The smallest absolute Gasteiger partial charge is 0.478 e. The highest BCUT2D eigenvalue weighted by Gasteiger charge is 2.44. The maximum atomic E-state index is 13.7. The number of carbonyl (C=O) groups excluding carboxylic acids is 1. The summed E-state index contributed by atoms with van der Waals surface area (Å²) in [7, 11) is -19.5. The van der Waals surface area contributed by atoms with Crippen molar-refractivity contribution in [2.45, 2.75) is 68.1 Å². The number of nitrogens with one attached hydrogen (secondary N) is 2. The van der Waals surface area contributed by atoms with E-state index in [4.69, 9.17) is 45.1 Å². The second-order valence-corrected chi connectivity index (χ2v) is 25.0. The first-order chi connectivity index (χ1) is 32.9. The summed E-state index contributed by atoms with van der Waals surface area (Å²) in [5.74, 6) is -2.12. The molecule has 1 fully saturated rings. The van der Waals surface area contributed by atoms with Gasteiger partial charge in [-0.1, -0.05) is 33.7 Å². The first kappa shape index (κ1) is 53.9. The number of ketones is 1. The van der Waals surface area contributed by atoms with Crippen molar-refractivity contribution >= 4 is 101 Å². The van der Waals surface area contributed by atoms with Gasteiger partial charge >= 0.3 is 29.4 Å². The standard InChI is InChI=1S/C38H42N7O20P3S3/c1-17-23(39)8-6-20-29(21-7-9-24(40)33(71(57,58)59)32(21)63-31(17)20)19-5-4-18(12-22(19)36(48)49)25(46)10-11-38(2,3)70-69-16-60-26-13-28(45-15-42-30-34(45)43-37(41)44-35(30)47)62-27(26)14-61-67(53,54)65-68(55,56)64-66(50,51)52/h4-9,12,15,26-28,39H,10-11,13-14,16,40H2,1-3H3,(H,48,49)(H,53,54)(H,55,56)(H2,50,51,52)(H,57,58,59)(H3,41,43,44,47)/t26?,27-,28-/m1/s1. The average molecular weight is 1110 g/mol. The molecule has 0 radical (unpaired) electrons. The molecule has 2 aromatic carbocycles. The molecule has 71 heavy (non-hydrogen) atoms. The Morgan fingerprint density at radius 1 is 1.04 bits per heavy atom. The second-order valence-electron chi connectivity index (χ2n) is 16.2. The van der Waals surface area contributed by atoms with E-state index in [0.717, 1.165) is 0 Å². The number of nitrogens with two attached hydrogens (primary N) is 2. The predicted octanol–water partition coefficient (Wildman–Crippen LogP) is 5.33. The molecule has 1 saturated heterocycles. The number of rotatable bonds is 20. The van der Waals surface area contributed by atoms with Gasteiger partial charge in [0.1, 0.15) is 24.0 Å². The number of phosphoric acid groups is 3. The molecule has 12 N–H and O–H groups in total. The molecule has 0 amide bonds. The topological polar surface area (TPSA) is 440 Å². The number of Topliss-reactive ketones (excluding diaryl/α,β-unsaturated/α-hetero) is 1. The normalized spacial score (nSPS) is 18.5. The van der Waals surface area contributed by atoms with Crippen molar-refractivity contribution < 1.29 is 88.0 Å². The summed E-state index contributed by atoms with van der Waals surface area (Å²) < 4.78 is 102. The minimum Gasteiger partial charge on any atom is -0.478 e. The molecule has 5 atom stereocenters. The molecule has 7 rings (SSSR count). The van der Waals surface area contributed by atoms with Crippen molar-refractivity contribution in [1.29, 1.82) is 5.41 Å². The minimum absolute atomic E-state index is 0.0107. The van der Waals surface area contributed by atoms with E-state index in [-0.39, 0.29) is 97.9 Å². The number of aromatic amines is 1. The SMILES string of the molecule is Cc1c2oc3c(S(=O)(=O)O)c(N)ccc3c(-c3ccc(C(=O)CCC(C)(C)SSCOC4C[C@H](n5cnc6c(=O)[nH]c(N)nc65)O[C@@H]4COP(=O)(O)OP(=O)(O)OP(=O)(O)O)cc3C(=O)O)c-2ccc1=N. The average Bonchev–Trinajstić information content (AvgIpc) is 3.86. The number of benzene rings is 3. The van der Waals surface area contributed by atoms with Gasteiger partial charge in [-0.3, -0.25) is 28.2 Å². The number of aromatic nitrogens is 4. The molecule has 2 aliphatic heterocycles. The van der Waals surface area contributed by atoms with E-state index in [1.807, 2.05) is 13.8 Å². The zero-order valence-corrected chi connectivity index (χ0v) is 42.0. The van der Waals surface area contributed by atoms with Crippen LogP contribution in [0.4, 0.5) is 11.6 Å². The van der Waals surface area contributed by atoms with E-state index < -0.39 is 85.6 Å². The number of nitrogen functional groups attached to an aromatic ring is 2. The number of hydrogen-bond donors (Lipinski definition) is 10. The molecule has 27 nitrogen and oxygen atoms in total. The van der Waals surface area contributed by atoms with Gasteiger partial charge in [0.15, 0.2) is 27.4 Å². The van der Waals surface area contributed by atoms with Crippen molar-refractivity contribution in [1.82, 2.24) is 19.5 Å². The lowest BCUT2D eigenvalue weighted by Crippen LogP contribution is -2.29. The third kappa shape index (κ3) is 12.3. The first-order valence-corrected chi connectivity index (χ1v) is 28.5. The van der Waals surface area contributed by atoms with Crippen LogP contribution in [0.15, 0.2) is 62.9 Å². The molecular formula is C38H42N7O20P3S3. The van der Waals surface area contributed by atoms with E-state index in [1.165, 1.54) is 74.9 Å². The Labute approximate surface area is 407 Å². The number of aromatic carboxylic acids is 1. The number of hydrogen-bond acceptors (Lipinski definition) is 21. The van der Waals surface area contributed by atoms with E-state index in [1.54, 1.807) is 6.92 Å². The van der Waals surface area contributed by atoms with Crippen LogP contribution < -0.4 is 22.4 Å². The van der Waals surface area contributed by atoms with Gasteiger partial charge in [0, 0.05) is 45.2 Å². The molecule has 1 aliphatic carbocycles. The van der Waals surface area contributed by atoms with Gasteiger partial charge in [-0.15, -0.1) is 0 Å². The fraction of sp³-hybridized carbons (Fsp3) is 0.316. The summed E-state index contributed by atoms with van der Waals surface area (Å²) in [4.78, 5) is 86.1. The summed E-state index contributed by atoms with van der Waals surface area (Å²) in [6, 6.07) is 9.62. The van der Waals surface area contributed by atoms with Crippen molar-refractivity contribution in [2.24, 2.45) is 0 Å². The van der Waals surface area contributed by atoms with Crippen LogP contribution in [0.25, 0.3) is 44.6 Å². The largest absolute Gasteiger partial charge is 0.490 e. The zero-order chi connectivity index (χ0) is 52.2. The summed E-state index contributed by atoms with van der Waals surface area (Å²) in [6.45, 7) is 4.35. The zero-order valence-electron chi connectivity index (χ0n) is 36.8. The highest BCUT2D eigenvalue weighted by atomic mass is 33.1. The van der Waals surface area contributed by atoms with E-state index in [9.17, 15) is 55.9 Å². The minimum atomic E-state index is -5.84. The van der Waals surface area contributed by atoms with Crippen molar-refractivity contribution in [3.8, 4) is 22.5 Å². The van der Waals surface area contributed by atoms with Crippen LogP contribution in [0.1, 0.15) is 65.6 Å². The van der Waals surface area contributed by atoms with Crippen LogP contribution in [0, 0.1) is 12.3 Å². The van der Waals surface area contributed by atoms with E-state index in [2.05, 4.69) is 23.6 Å².